The molecular weight excluding hydrogens is 452 g/mol. The molecule has 0 spiro atoms. The fourth-order valence-corrected chi connectivity index (χ4v) is 9.11. The summed E-state index contributed by atoms with van der Waals surface area (Å²) in [5, 5.41) is 3.30. The van der Waals surface area contributed by atoms with Crippen molar-refractivity contribution >= 4 is 17.8 Å². The third-order valence-electron chi connectivity index (χ3n) is 11.3. The molecular formula is C30H50N2O4. The lowest BCUT2D eigenvalue weighted by Crippen LogP contribution is -2.61. The Morgan fingerprint density at radius 3 is 2.36 bits per heavy atom. The van der Waals surface area contributed by atoms with Gasteiger partial charge in [-0.25, -0.2) is 0 Å². The minimum atomic E-state index is -0.134. The number of methoxy groups -OCH3 is 1. The van der Waals surface area contributed by atoms with Crippen LogP contribution in [0.4, 0.5) is 0 Å². The molecule has 7 atom stereocenters. The monoisotopic (exact) mass is 502 g/mol. The molecule has 1 saturated heterocycles. The van der Waals surface area contributed by atoms with Crippen LogP contribution in [-0.4, -0.2) is 49.4 Å². The summed E-state index contributed by atoms with van der Waals surface area (Å²) in [7, 11) is 3.47. The van der Waals surface area contributed by atoms with Gasteiger partial charge in [0.1, 0.15) is 0 Å². The first-order valence-electron chi connectivity index (χ1n) is 14.8. The molecule has 4 aliphatic rings. The third kappa shape index (κ3) is 5.34. The van der Waals surface area contributed by atoms with E-state index in [2.05, 4.69) is 28.8 Å². The molecule has 1 N–H and O–H groups in total. The van der Waals surface area contributed by atoms with E-state index in [-0.39, 0.29) is 17.3 Å². The maximum Gasteiger partial charge on any atom is 0.305 e. The van der Waals surface area contributed by atoms with Crippen LogP contribution in [0.1, 0.15) is 110 Å². The molecule has 36 heavy (non-hydrogen) atoms. The lowest BCUT2D eigenvalue weighted by atomic mass is 9.47. The summed E-state index contributed by atoms with van der Waals surface area (Å²) in [4.78, 5) is 38.2. The molecule has 3 saturated carbocycles. The third-order valence-corrected chi connectivity index (χ3v) is 11.3. The van der Waals surface area contributed by atoms with Gasteiger partial charge in [-0.1, -0.05) is 33.1 Å². The number of fused-ring (bicyclic) bond motifs is 5. The van der Waals surface area contributed by atoms with Gasteiger partial charge in [-0.3, -0.25) is 14.4 Å². The summed E-state index contributed by atoms with van der Waals surface area (Å²) in [6.45, 7) is 5.85. The van der Waals surface area contributed by atoms with Crippen molar-refractivity contribution in [1.29, 1.82) is 0 Å². The second-order valence-electron chi connectivity index (χ2n) is 12.9. The number of carbonyl (C=O) groups is 3. The Kier molecular flexibility index (Phi) is 8.71. The molecule has 6 nitrogen and oxygen atoms in total. The quantitative estimate of drug-likeness (QED) is 0.317. The van der Waals surface area contributed by atoms with E-state index in [1.807, 2.05) is 7.05 Å². The number of piperidine rings is 1. The number of amides is 2. The molecule has 3 aliphatic carbocycles. The van der Waals surface area contributed by atoms with Crippen molar-refractivity contribution in [1.82, 2.24) is 10.2 Å². The van der Waals surface area contributed by atoms with Crippen LogP contribution in [-0.2, 0) is 19.1 Å². The molecule has 1 heterocycles. The number of nitrogens with one attached hydrogen (secondary N) is 1. The largest absolute Gasteiger partial charge is 0.469 e. The number of unbranched alkanes of at least 4 members (excludes halogenated alkanes) is 4. The van der Waals surface area contributed by atoms with Gasteiger partial charge in [0.05, 0.1) is 7.11 Å². The number of hydrogen-bond acceptors (Lipinski definition) is 4. The summed E-state index contributed by atoms with van der Waals surface area (Å²) in [5.74, 6) is 3.29. The number of likely N-dealkylation sites (tertiary alicyclic amines) is 1. The Morgan fingerprint density at radius 2 is 1.61 bits per heavy atom. The van der Waals surface area contributed by atoms with Crippen LogP contribution in [0.15, 0.2) is 0 Å². The highest BCUT2D eigenvalue weighted by atomic mass is 16.5. The van der Waals surface area contributed by atoms with Crippen LogP contribution in [0.3, 0.4) is 0 Å². The molecule has 4 fully saturated rings. The zero-order valence-electron chi connectivity index (χ0n) is 23.3. The maximum atomic E-state index is 12.6. The Balaban J connectivity index is 1.22. The number of ether oxygens (including phenoxy) is 1. The first kappa shape index (κ1) is 27.4. The Bertz CT molecular complexity index is 815. The minimum Gasteiger partial charge on any atom is -0.469 e. The van der Waals surface area contributed by atoms with Gasteiger partial charge in [0, 0.05) is 38.9 Å². The van der Waals surface area contributed by atoms with E-state index in [1.54, 1.807) is 0 Å². The first-order valence-corrected chi connectivity index (χ1v) is 14.8. The number of rotatable bonds is 10. The molecule has 6 heteroatoms. The van der Waals surface area contributed by atoms with Crippen LogP contribution in [0.2, 0.25) is 0 Å². The molecule has 2 unspecified atom stereocenters. The molecule has 0 aromatic heterocycles. The normalized spacial score (nSPS) is 37.6. The molecule has 0 radical (unpaired) electrons. The van der Waals surface area contributed by atoms with Gasteiger partial charge < -0.3 is 15.0 Å². The van der Waals surface area contributed by atoms with E-state index in [1.165, 1.54) is 39.2 Å². The summed E-state index contributed by atoms with van der Waals surface area (Å²) in [5.41, 5.74) is 0.617. The highest BCUT2D eigenvalue weighted by Crippen LogP contribution is 2.66. The predicted octanol–water partition coefficient (Wildman–Crippen LogP) is 5.49. The van der Waals surface area contributed by atoms with Crippen LogP contribution in [0, 0.1) is 34.5 Å². The van der Waals surface area contributed by atoms with Crippen molar-refractivity contribution in [2.24, 2.45) is 34.5 Å². The topological polar surface area (TPSA) is 75.7 Å². The number of carbonyl (C=O) groups excluding carboxylic acids is 3. The second kappa shape index (κ2) is 11.4. The van der Waals surface area contributed by atoms with Crippen molar-refractivity contribution in [2.45, 2.75) is 116 Å². The number of nitrogens with zero attached hydrogens (tertiary/aromatic N) is 1. The van der Waals surface area contributed by atoms with Crippen molar-refractivity contribution in [3.63, 3.8) is 0 Å². The van der Waals surface area contributed by atoms with Crippen LogP contribution in [0.25, 0.3) is 0 Å². The average Bonchev–Trinajstić information content (AvgIpc) is 3.20. The lowest BCUT2D eigenvalue weighted by molar-refractivity contribution is -0.158. The average molecular weight is 503 g/mol. The SMILES string of the molecule is COC(=O)CCCCCCCC(=O)NCC1CC[C@H]2[C@@H]3CCC4N(C)C(=O)CC[C@]4(C)[C@@H]3CC[C@]12C. The fraction of sp³-hybridized carbons (Fsp3) is 0.900. The second-order valence-corrected chi connectivity index (χ2v) is 12.9. The van der Waals surface area contributed by atoms with Gasteiger partial charge >= 0.3 is 5.97 Å². The minimum absolute atomic E-state index is 0.134. The predicted molar refractivity (Wildman–Crippen MR) is 141 cm³/mol. The number of esters is 1. The highest BCUT2D eigenvalue weighted by molar-refractivity contribution is 5.77. The maximum absolute atomic E-state index is 12.6. The Hall–Kier alpha value is -1.59. The molecule has 0 aromatic rings. The zero-order chi connectivity index (χ0) is 25.9. The summed E-state index contributed by atoms with van der Waals surface area (Å²) in [6.07, 6.45) is 15.3. The van der Waals surface area contributed by atoms with E-state index < -0.39 is 0 Å². The van der Waals surface area contributed by atoms with E-state index in [4.69, 9.17) is 0 Å². The molecule has 0 bridgehead atoms. The van der Waals surface area contributed by atoms with Crippen LogP contribution in [0.5, 0.6) is 0 Å². The van der Waals surface area contributed by atoms with Gasteiger partial charge in [-0.2, -0.15) is 0 Å². The summed E-state index contributed by atoms with van der Waals surface area (Å²) in [6, 6.07) is 0.425. The van der Waals surface area contributed by atoms with Gasteiger partial charge in [0.15, 0.2) is 0 Å². The van der Waals surface area contributed by atoms with Crippen molar-refractivity contribution in [3.8, 4) is 0 Å². The first-order chi connectivity index (χ1) is 17.2. The zero-order valence-corrected chi connectivity index (χ0v) is 23.3. The molecule has 4 rings (SSSR count). The Labute approximate surface area is 218 Å². The molecule has 1 aliphatic heterocycles. The summed E-state index contributed by atoms with van der Waals surface area (Å²) >= 11 is 0. The Morgan fingerprint density at radius 1 is 0.917 bits per heavy atom. The van der Waals surface area contributed by atoms with Gasteiger partial charge in [0.2, 0.25) is 11.8 Å². The van der Waals surface area contributed by atoms with E-state index in [0.717, 1.165) is 75.7 Å². The van der Waals surface area contributed by atoms with Gasteiger partial charge in [-0.05, 0) is 92.3 Å². The van der Waals surface area contributed by atoms with E-state index >= 15 is 0 Å². The smallest absolute Gasteiger partial charge is 0.305 e. The lowest BCUT2D eigenvalue weighted by Gasteiger charge is -2.61. The van der Waals surface area contributed by atoms with Crippen LogP contribution < -0.4 is 5.32 Å². The molecule has 2 amide bonds. The van der Waals surface area contributed by atoms with Crippen molar-refractivity contribution in [3.05, 3.63) is 0 Å². The molecule has 204 valence electrons. The number of hydrogen-bond donors (Lipinski definition) is 1. The van der Waals surface area contributed by atoms with Crippen molar-refractivity contribution < 1.29 is 19.1 Å². The fourth-order valence-electron chi connectivity index (χ4n) is 9.11. The standard InChI is InChI=1S/C30H50N2O4/c1-29-18-16-24-22(13-15-25-30(24,2)19-17-27(34)32(25)3)23(29)14-12-21(29)20-31-26(33)10-8-6-5-7-9-11-28(35)36-4/h21-25H,5-20H2,1-4H3,(H,31,33)/t21?,22-,23-,24+,25?,29+,30+/m0/s1. The summed E-state index contributed by atoms with van der Waals surface area (Å²) < 4.78 is 4.67. The van der Waals surface area contributed by atoms with Crippen molar-refractivity contribution in [2.75, 3.05) is 20.7 Å². The van der Waals surface area contributed by atoms with Crippen LogP contribution >= 0.6 is 0 Å². The highest BCUT2D eigenvalue weighted by Gasteiger charge is 2.60. The van der Waals surface area contributed by atoms with E-state index in [0.29, 0.717) is 36.1 Å². The molecule has 0 aromatic carbocycles. The van der Waals surface area contributed by atoms with E-state index in [9.17, 15) is 14.4 Å². The van der Waals surface area contributed by atoms with Gasteiger partial charge in [-0.15, -0.1) is 0 Å². The van der Waals surface area contributed by atoms with Gasteiger partial charge in [0.25, 0.3) is 0 Å².